The molecule has 0 saturated heterocycles. The quantitative estimate of drug-likeness (QED) is 0.932. The average molecular weight is 300 g/mol. The minimum absolute atomic E-state index is 0.0777. The van der Waals surface area contributed by atoms with Crippen LogP contribution < -0.4 is 14.2 Å². The first-order valence-electron chi connectivity index (χ1n) is 7.27. The monoisotopic (exact) mass is 300 g/mol. The molecule has 0 aliphatic carbocycles. The summed E-state index contributed by atoms with van der Waals surface area (Å²) in [5.41, 5.74) is 2.94. The second kappa shape index (κ2) is 5.44. The Labute approximate surface area is 130 Å². The Morgan fingerprint density at radius 2 is 1.77 bits per heavy atom. The Morgan fingerprint density at radius 3 is 2.36 bits per heavy atom. The number of phenolic OH excluding ortho intramolecular Hbond substituents is 1. The van der Waals surface area contributed by atoms with E-state index in [9.17, 15) is 5.11 Å². The van der Waals surface area contributed by atoms with Gasteiger partial charge in [-0.05, 0) is 24.6 Å². The van der Waals surface area contributed by atoms with Gasteiger partial charge in [0, 0.05) is 23.1 Å². The third-order valence-corrected chi connectivity index (χ3v) is 4.35. The highest BCUT2D eigenvalue weighted by Gasteiger charge is 2.35. The predicted octanol–water partition coefficient (Wildman–Crippen LogP) is 3.96. The summed E-state index contributed by atoms with van der Waals surface area (Å²) in [6.45, 7) is 4.01. The first-order valence-corrected chi connectivity index (χ1v) is 7.27. The van der Waals surface area contributed by atoms with Crippen LogP contribution in [0.25, 0.3) is 0 Å². The standard InChI is InChI=1S/C18H20O4/c1-10-16-11(2)18(12-5-7-13(20-3)8-6-12)22-14(16)9-15(21-4)17(10)19/h5-9,11,18-19H,1-4H3. The van der Waals surface area contributed by atoms with Crippen molar-refractivity contribution in [1.29, 1.82) is 0 Å². The molecule has 22 heavy (non-hydrogen) atoms. The topological polar surface area (TPSA) is 47.9 Å². The van der Waals surface area contributed by atoms with Crippen molar-refractivity contribution in [1.82, 2.24) is 0 Å². The molecule has 2 aromatic rings. The number of fused-ring (bicyclic) bond motifs is 1. The molecule has 0 spiro atoms. The zero-order chi connectivity index (χ0) is 15.9. The molecule has 1 N–H and O–H groups in total. The number of phenols is 1. The number of methoxy groups -OCH3 is 2. The normalized spacial score (nSPS) is 19.5. The van der Waals surface area contributed by atoms with Gasteiger partial charge in [-0.25, -0.2) is 0 Å². The Balaban J connectivity index is 1.99. The maximum absolute atomic E-state index is 10.2. The molecule has 1 heterocycles. The largest absolute Gasteiger partial charge is 0.504 e. The van der Waals surface area contributed by atoms with Crippen molar-refractivity contribution >= 4 is 0 Å². The number of ether oxygens (including phenoxy) is 3. The molecule has 0 bridgehead atoms. The van der Waals surface area contributed by atoms with Crippen LogP contribution >= 0.6 is 0 Å². The van der Waals surface area contributed by atoms with Crippen LogP contribution in [0.15, 0.2) is 30.3 Å². The lowest BCUT2D eigenvalue weighted by molar-refractivity contribution is 0.215. The molecular weight excluding hydrogens is 280 g/mol. The molecule has 116 valence electrons. The summed E-state index contributed by atoms with van der Waals surface area (Å²) in [7, 11) is 3.19. The lowest BCUT2D eigenvalue weighted by atomic mass is 9.89. The Morgan fingerprint density at radius 1 is 1.09 bits per heavy atom. The van der Waals surface area contributed by atoms with Crippen LogP contribution in [0.2, 0.25) is 0 Å². The number of aromatic hydroxyl groups is 1. The highest BCUT2D eigenvalue weighted by molar-refractivity contribution is 5.59. The van der Waals surface area contributed by atoms with E-state index in [-0.39, 0.29) is 17.8 Å². The van der Waals surface area contributed by atoms with Gasteiger partial charge < -0.3 is 19.3 Å². The van der Waals surface area contributed by atoms with Crippen molar-refractivity contribution < 1.29 is 19.3 Å². The summed E-state index contributed by atoms with van der Waals surface area (Å²) in [6.07, 6.45) is -0.0777. The van der Waals surface area contributed by atoms with Crippen LogP contribution in [0.1, 0.15) is 35.6 Å². The van der Waals surface area contributed by atoms with Crippen LogP contribution in [-0.4, -0.2) is 19.3 Å². The van der Waals surface area contributed by atoms with Crippen LogP contribution in [0.4, 0.5) is 0 Å². The van der Waals surface area contributed by atoms with Crippen molar-refractivity contribution in [2.45, 2.75) is 25.9 Å². The summed E-state index contributed by atoms with van der Waals surface area (Å²) in [4.78, 5) is 0. The van der Waals surface area contributed by atoms with E-state index in [4.69, 9.17) is 14.2 Å². The SMILES string of the molecule is COc1ccc(C2Oc3cc(OC)c(O)c(C)c3C2C)cc1. The van der Waals surface area contributed by atoms with Crippen molar-refractivity contribution in [3.8, 4) is 23.0 Å². The lowest BCUT2D eigenvalue weighted by Gasteiger charge is -2.16. The van der Waals surface area contributed by atoms with E-state index in [2.05, 4.69) is 6.92 Å². The summed E-state index contributed by atoms with van der Waals surface area (Å²) in [5, 5.41) is 10.2. The molecule has 2 atom stereocenters. The van der Waals surface area contributed by atoms with Crippen molar-refractivity contribution in [2.75, 3.05) is 14.2 Å². The van der Waals surface area contributed by atoms with Crippen molar-refractivity contribution in [2.24, 2.45) is 0 Å². The van der Waals surface area contributed by atoms with Gasteiger partial charge in [0.15, 0.2) is 11.5 Å². The van der Waals surface area contributed by atoms with Gasteiger partial charge in [-0.15, -0.1) is 0 Å². The van der Waals surface area contributed by atoms with E-state index in [1.54, 1.807) is 20.3 Å². The highest BCUT2D eigenvalue weighted by Crippen LogP contribution is 2.51. The van der Waals surface area contributed by atoms with Gasteiger partial charge in [0.1, 0.15) is 17.6 Å². The Bertz CT molecular complexity index is 691. The molecule has 1 aliphatic rings. The Kier molecular flexibility index (Phi) is 3.61. The molecule has 2 aromatic carbocycles. The zero-order valence-electron chi connectivity index (χ0n) is 13.2. The van der Waals surface area contributed by atoms with Crippen LogP contribution in [-0.2, 0) is 0 Å². The van der Waals surface area contributed by atoms with Gasteiger partial charge in [-0.3, -0.25) is 0 Å². The molecule has 0 saturated carbocycles. The van der Waals surface area contributed by atoms with Crippen LogP contribution in [0.3, 0.4) is 0 Å². The van der Waals surface area contributed by atoms with E-state index in [1.807, 2.05) is 31.2 Å². The summed E-state index contributed by atoms with van der Waals surface area (Å²) in [5.74, 6) is 2.38. The minimum atomic E-state index is -0.0777. The highest BCUT2D eigenvalue weighted by atomic mass is 16.5. The number of rotatable bonds is 3. The second-order valence-corrected chi connectivity index (χ2v) is 5.56. The van der Waals surface area contributed by atoms with E-state index < -0.39 is 0 Å². The number of benzene rings is 2. The predicted molar refractivity (Wildman–Crippen MR) is 84.2 cm³/mol. The molecule has 2 unspecified atom stereocenters. The van der Waals surface area contributed by atoms with Crippen molar-refractivity contribution in [3.63, 3.8) is 0 Å². The van der Waals surface area contributed by atoms with Crippen LogP contribution in [0.5, 0.6) is 23.0 Å². The van der Waals surface area contributed by atoms with Gasteiger partial charge in [-0.2, -0.15) is 0 Å². The summed E-state index contributed by atoms with van der Waals surface area (Å²) in [6, 6.07) is 9.65. The summed E-state index contributed by atoms with van der Waals surface area (Å²) < 4.78 is 16.5. The number of hydrogen-bond donors (Lipinski definition) is 1. The zero-order valence-corrected chi connectivity index (χ0v) is 13.2. The first kappa shape index (κ1) is 14.6. The molecule has 4 heteroatoms. The molecule has 4 nitrogen and oxygen atoms in total. The fraction of sp³-hybridized carbons (Fsp3) is 0.333. The van der Waals surface area contributed by atoms with Crippen molar-refractivity contribution in [3.05, 3.63) is 47.0 Å². The fourth-order valence-electron chi connectivity index (χ4n) is 3.12. The maximum atomic E-state index is 10.2. The molecule has 0 radical (unpaired) electrons. The smallest absolute Gasteiger partial charge is 0.164 e. The van der Waals surface area contributed by atoms with Gasteiger partial charge in [0.2, 0.25) is 0 Å². The number of hydrogen-bond acceptors (Lipinski definition) is 4. The fourth-order valence-corrected chi connectivity index (χ4v) is 3.12. The van der Waals surface area contributed by atoms with Crippen LogP contribution in [0, 0.1) is 6.92 Å². The van der Waals surface area contributed by atoms with Gasteiger partial charge >= 0.3 is 0 Å². The van der Waals surface area contributed by atoms with E-state index in [1.165, 1.54) is 0 Å². The maximum Gasteiger partial charge on any atom is 0.164 e. The van der Waals surface area contributed by atoms with E-state index in [0.29, 0.717) is 5.75 Å². The molecule has 1 aliphatic heterocycles. The lowest BCUT2D eigenvalue weighted by Crippen LogP contribution is -2.07. The average Bonchev–Trinajstić information content (AvgIpc) is 2.87. The molecular formula is C18H20O4. The molecule has 0 fully saturated rings. The van der Waals surface area contributed by atoms with E-state index >= 15 is 0 Å². The molecule has 0 aromatic heterocycles. The van der Waals surface area contributed by atoms with Gasteiger partial charge in [-0.1, -0.05) is 19.1 Å². The summed E-state index contributed by atoms with van der Waals surface area (Å²) >= 11 is 0. The van der Waals surface area contributed by atoms with Gasteiger partial charge in [0.05, 0.1) is 14.2 Å². The Hall–Kier alpha value is -2.36. The minimum Gasteiger partial charge on any atom is -0.504 e. The third-order valence-electron chi connectivity index (χ3n) is 4.35. The van der Waals surface area contributed by atoms with Gasteiger partial charge in [0.25, 0.3) is 0 Å². The second-order valence-electron chi connectivity index (χ2n) is 5.56. The van der Waals surface area contributed by atoms with E-state index in [0.717, 1.165) is 28.2 Å². The molecule has 0 amide bonds. The molecule has 3 rings (SSSR count). The first-order chi connectivity index (χ1) is 10.6. The third kappa shape index (κ3) is 2.15.